The van der Waals surface area contributed by atoms with Crippen LogP contribution in [0.3, 0.4) is 0 Å². The van der Waals surface area contributed by atoms with E-state index in [-0.39, 0.29) is 11.3 Å². The van der Waals surface area contributed by atoms with Crippen molar-refractivity contribution < 1.29 is 19.4 Å². The number of hydrogen-bond acceptors (Lipinski definition) is 3. The summed E-state index contributed by atoms with van der Waals surface area (Å²) in [6, 6.07) is 4.37. The number of benzene rings is 1. The zero-order chi connectivity index (χ0) is 10.7. The summed E-state index contributed by atoms with van der Waals surface area (Å²) < 4.78 is 5.52. The molecule has 0 aliphatic heterocycles. The Kier molecular flexibility index (Phi) is 3.45. The van der Waals surface area contributed by atoms with E-state index in [9.17, 15) is 9.59 Å². The van der Waals surface area contributed by atoms with E-state index in [1.165, 1.54) is 19.1 Å². The molecule has 1 rings (SSSR count). The van der Waals surface area contributed by atoms with E-state index < -0.39 is 11.9 Å². The lowest BCUT2D eigenvalue weighted by Crippen LogP contribution is -2.04. The molecule has 0 aromatic heterocycles. The van der Waals surface area contributed by atoms with Crippen LogP contribution in [-0.4, -0.2) is 17.0 Å². The van der Waals surface area contributed by atoms with E-state index in [4.69, 9.17) is 9.84 Å². The van der Waals surface area contributed by atoms with Crippen molar-refractivity contribution in [3.8, 4) is 5.75 Å². The first-order chi connectivity index (χ1) is 6.50. The molecule has 5 heteroatoms. The number of hydrogen-bond donors (Lipinski definition) is 1. The summed E-state index contributed by atoms with van der Waals surface area (Å²) >= 11 is 1.96. The number of carboxylic acids is 1. The maximum absolute atomic E-state index is 10.7. The van der Waals surface area contributed by atoms with Crippen LogP contribution in [0, 0.1) is 3.57 Å². The molecule has 0 aliphatic carbocycles. The molecule has 0 aliphatic rings. The SMILES string of the molecule is CC(=O)Oc1cc(C(=O)O)ccc1I. The van der Waals surface area contributed by atoms with E-state index in [0.29, 0.717) is 3.57 Å². The quantitative estimate of drug-likeness (QED) is 0.515. The zero-order valence-corrected chi connectivity index (χ0v) is 9.44. The van der Waals surface area contributed by atoms with Crippen LogP contribution in [0.5, 0.6) is 5.75 Å². The largest absolute Gasteiger partial charge is 0.478 e. The van der Waals surface area contributed by atoms with Crippen molar-refractivity contribution in [3.05, 3.63) is 27.3 Å². The summed E-state index contributed by atoms with van der Waals surface area (Å²) in [6.07, 6.45) is 0. The van der Waals surface area contributed by atoms with Crippen LogP contribution in [0.1, 0.15) is 17.3 Å². The number of halogens is 1. The topological polar surface area (TPSA) is 63.6 Å². The Balaban J connectivity index is 3.08. The second-order valence-corrected chi connectivity index (χ2v) is 3.71. The number of carbonyl (C=O) groups is 2. The van der Waals surface area contributed by atoms with Gasteiger partial charge in [-0.2, -0.15) is 0 Å². The smallest absolute Gasteiger partial charge is 0.335 e. The van der Waals surface area contributed by atoms with Gasteiger partial charge in [-0.3, -0.25) is 4.79 Å². The summed E-state index contributed by atoms with van der Waals surface area (Å²) in [5.74, 6) is -1.24. The van der Waals surface area contributed by atoms with Crippen molar-refractivity contribution in [1.82, 2.24) is 0 Å². The Bertz CT molecular complexity index is 386. The minimum Gasteiger partial charge on any atom is -0.478 e. The fraction of sp³-hybridized carbons (Fsp3) is 0.111. The molecule has 0 radical (unpaired) electrons. The van der Waals surface area contributed by atoms with Crippen LogP contribution < -0.4 is 4.74 Å². The lowest BCUT2D eigenvalue weighted by Gasteiger charge is -2.04. The van der Waals surface area contributed by atoms with Gasteiger partial charge in [0.25, 0.3) is 0 Å². The summed E-state index contributed by atoms with van der Waals surface area (Å²) in [7, 11) is 0. The summed E-state index contributed by atoms with van der Waals surface area (Å²) in [4.78, 5) is 21.3. The van der Waals surface area contributed by atoms with E-state index in [1.807, 2.05) is 22.6 Å². The first kappa shape index (κ1) is 11.0. The monoisotopic (exact) mass is 306 g/mol. The zero-order valence-electron chi connectivity index (χ0n) is 7.28. The molecular formula is C9H7IO4. The van der Waals surface area contributed by atoms with Crippen LogP contribution in [0.25, 0.3) is 0 Å². The highest BCUT2D eigenvalue weighted by molar-refractivity contribution is 14.1. The molecule has 14 heavy (non-hydrogen) atoms. The number of rotatable bonds is 2. The van der Waals surface area contributed by atoms with Gasteiger partial charge in [0.2, 0.25) is 0 Å². The molecule has 1 N–H and O–H groups in total. The standard InChI is InChI=1S/C9H7IO4/c1-5(11)14-8-4-6(9(12)13)2-3-7(8)10/h2-4H,1H3,(H,12,13). The second kappa shape index (κ2) is 4.41. The molecule has 0 spiro atoms. The Morgan fingerprint density at radius 1 is 1.43 bits per heavy atom. The summed E-state index contributed by atoms with van der Waals surface area (Å²) in [6.45, 7) is 1.27. The first-order valence-corrected chi connectivity index (χ1v) is 4.80. The fourth-order valence-electron chi connectivity index (χ4n) is 0.869. The van der Waals surface area contributed by atoms with Crippen molar-refractivity contribution >= 4 is 34.5 Å². The number of ether oxygens (including phenoxy) is 1. The highest BCUT2D eigenvalue weighted by atomic mass is 127. The molecule has 0 saturated heterocycles. The van der Waals surface area contributed by atoms with Gasteiger partial charge in [-0.1, -0.05) is 0 Å². The van der Waals surface area contributed by atoms with Gasteiger partial charge >= 0.3 is 11.9 Å². The molecule has 0 saturated carbocycles. The highest BCUT2D eigenvalue weighted by Gasteiger charge is 2.09. The predicted octanol–water partition coefficient (Wildman–Crippen LogP) is 1.91. The number of aromatic carboxylic acids is 1. The fourth-order valence-corrected chi connectivity index (χ4v) is 1.32. The normalized spacial score (nSPS) is 9.57. The third-order valence-corrected chi connectivity index (χ3v) is 2.32. The van der Waals surface area contributed by atoms with Crippen LogP contribution in [0.4, 0.5) is 0 Å². The van der Waals surface area contributed by atoms with Crippen molar-refractivity contribution in [3.63, 3.8) is 0 Å². The molecule has 4 nitrogen and oxygen atoms in total. The van der Waals surface area contributed by atoms with Gasteiger partial charge in [0, 0.05) is 6.92 Å². The summed E-state index contributed by atoms with van der Waals surface area (Å²) in [5.41, 5.74) is 0.0988. The molecule has 74 valence electrons. The van der Waals surface area contributed by atoms with E-state index in [0.717, 1.165) is 0 Å². The molecule has 0 amide bonds. The van der Waals surface area contributed by atoms with E-state index in [2.05, 4.69) is 0 Å². The van der Waals surface area contributed by atoms with Crippen LogP contribution >= 0.6 is 22.6 Å². The van der Waals surface area contributed by atoms with Crippen molar-refractivity contribution in [1.29, 1.82) is 0 Å². The van der Waals surface area contributed by atoms with Crippen LogP contribution in [0.15, 0.2) is 18.2 Å². The minimum absolute atomic E-state index is 0.0988. The third-order valence-electron chi connectivity index (χ3n) is 1.43. The van der Waals surface area contributed by atoms with Gasteiger partial charge in [-0.05, 0) is 40.8 Å². The maximum atomic E-state index is 10.7. The average molecular weight is 306 g/mol. The van der Waals surface area contributed by atoms with Crippen LogP contribution in [0.2, 0.25) is 0 Å². The lowest BCUT2D eigenvalue weighted by atomic mass is 10.2. The van der Waals surface area contributed by atoms with Crippen molar-refractivity contribution in [2.45, 2.75) is 6.92 Å². The number of carboxylic acid groups (broad SMARTS) is 1. The molecular weight excluding hydrogens is 299 g/mol. The molecule has 1 aromatic carbocycles. The lowest BCUT2D eigenvalue weighted by molar-refractivity contribution is -0.131. The molecule has 0 atom stereocenters. The number of esters is 1. The molecule has 0 fully saturated rings. The van der Waals surface area contributed by atoms with Crippen molar-refractivity contribution in [2.24, 2.45) is 0 Å². The molecule has 0 unspecified atom stereocenters. The maximum Gasteiger partial charge on any atom is 0.335 e. The first-order valence-electron chi connectivity index (χ1n) is 3.72. The molecule has 1 aromatic rings. The van der Waals surface area contributed by atoms with Crippen molar-refractivity contribution in [2.75, 3.05) is 0 Å². The summed E-state index contributed by atoms with van der Waals surface area (Å²) in [5, 5.41) is 8.69. The van der Waals surface area contributed by atoms with E-state index >= 15 is 0 Å². The predicted molar refractivity (Wildman–Crippen MR) is 57.4 cm³/mol. The van der Waals surface area contributed by atoms with Gasteiger partial charge in [0.05, 0.1) is 9.13 Å². The molecule has 0 heterocycles. The van der Waals surface area contributed by atoms with Gasteiger partial charge in [-0.15, -0.1) is 0 Å². The van der Waals surface area contributed by atoms with Gasteiger partial charge in [0.15, 0.2) is 0 Å². The minimum atomic E-state index is -1.05. The Hall–Kier alpha value is -1.11. The number of carbonyl (C=O) groups excluding carboxylic acids is 1. The Labute approximate surface area is 94.0 Å². The van der Waals surface area contributed by atoms with Gasteiger partial charge < -0.3 is 9.84 Å². The average Bonchev–Trinajstić information content (AvgIpc) is 2.07. The van der Waals surface area contributed by atoms with Crippen LogP contribution in [-0.2, 0) is 4.79 Å². The van der Waals surface area contributed by atoms with Gasteiger partial charge in [-0.25, -0.2) is 4.79 Å². The van der Waals surface area contributed by atoms with E-state index in [1.54, 1.807) is 6.07 Å². The molecule has 0 bridgehead atoms. The third kappa shape index (κ3) is 2.69. The van der Waals surface area contributed by atoms with Gasteiger partial charge in [0.1, 0.15) is 5.75 Å². The highest BCUT2D eigenvalue weighted by Crippen LogP contribution is 2.22. The Morgan fingerprint density at radius 2 is 2.07 bits per heavy atom. The Morgan fingerprint density at radius 3 is 2.57 bits per heavy atom. The second-order valence-electron chi connectivity index (χ2n) is 2.54.